The monoisotopic (exact) mass is 428 g/mol. The second-order valence-electron chi connectivity index (χ2n) is 8.34. The van der Waals surface area contributed by atoms with Gasteiger partial charge in [0, 0.05) is 24.2 Å². The molecule has 2 heterocycles. The zero-order valence-electron chi connectivity index (χ0n) is 17.5. The Kier molecular flexibility index (Phi) is 6.22. The number of piperazine rings is 1. The van der Waals surface area contributed by atoms with Gasteiger partial charge in [0.05, 0.1) is 31.1 Å². The molecule has 0 aliphatic carbocycles. The molecule has 0 aromatic heterocycles. The van der Waals surface area contributed by atoms with Gasteiger partial charge in [-0.15, -0.1) is 0 Å². The van der Waals surface area contributed by atoms with Crippen molar-refractivity contribution >= 4 is 15.9 Å². The van der Waals surface area contributed by atoms with Crippen molar-refractivity contribution in [3.05, 3.63) is 65.2 Å². The summed E-state index contributed by atoms with van der Waals surface area (Å²) in [5.74, 6) is -0.0188. The highest BCUT2D eigenvalue weighted by atomic mass is 32.2. The number of hydrogen-bond donors (Lipinski definition) is 1. The summed E-state index contributed by atoms with van der Waals surface area (Å²) < 4.78 is 26.8. The van der Waals surface area contributed by atoms with Crippen molar-refractivity contribution in [2.24, 2.45) is 0 Å². The van der Waals surface area contributed by atoms with Crippen molar-refractivity contribution in [2.45, 2.75) is 31.2 Å². The highest BCUT2D eigenvalue weighted by Crippen LogP contribution is 2.21. The average molecular weight is 429 g/mol. The van der Waals surface area contributed by atoms with E-state index >= 15 is 0 Å². The number of carbonyl (C=O) groups is 1. The van der Waals surface area contributed by atoms with Crippen molar-refractivity contribution < 1.29 is 18.1 Å². The van der Waals surface area contributed by atoms with Gasteiger partial charge >= 0.3 is 0 Å². The summed E-state index contributed by atoms with van der Waals surface area (Å²) in [6.07, 6.45) is 1.82. The molecule has 2 aliphatic rings. The smallest absolute Gasteiger partial charge is 0.254 e. The van der Waals surface area contributed by atoms with Crippen LogP contribution in [0.5, 0.6) is 0 Å². The number of aryl methyl sites for hydroxylation is 1. The van der Waals surface area contributed by atoms with Gasteiger partial charge < -0.3 is 9.80 Å². The topological polar surface area (TPSA) is 62.1 Å². The summed E-state index contributed by atoms with van der Waals surface area (Å²) in [6.45, 7) is 7.52. The summed E-state index contributed by atoms with van der Waals surface area (Å²) in [4.78, 5) is 16.5. The molecule has 0 unspecified atom stereocenters. The minimum Gasteiger partial charge on any atom is -0.328 e. The summed E-state index contributed by atoms with van der Waals surface area (Å²) >= 11 is 0. The summed E-state index contributed by atoms with van der Waals surface area (Å²) in [5.41, 5.74) is 3.16. The third-order valence-electron chi connectivity index (χ3n) is 6.10. The van der Waals surface area contributed by atoms with E-state index in [1.54, 1.807) is 24.3 Å². The maximum atomic E-state index is 12.9. The molecule has 2 aromatic rings. The molecule has 4 rings (SSSR count). The number of carbonyl (C=O) groups excluding carboxylic acids is 1. The lowest BCUT2D eigenvalue weighted by molar-refractivity contribution is -0.917. The minimum atomic E-state index is -3.44. The number of quaternary nitrogens is 1. The maximum absolute atomic E-state index is 12.9. The van der Waals surface area contributed by atoms with E-state index in [1.807, 2.05) is 4.90 Å². The van der Waals surface area contributed by atoms with Gasteiger partial charge in [-0.2, -0.15) is 4.31 Å². The van der Waals surface area contributed by atoms with Crippen LogP contribution < -0.4 is 4.90 Å². The highest BCUT2D eigenvalue weighted by molar-refractivity contribution is 7.89. The van der Waals surface area contributed by atoms with Crippen molar-refractivity contribution in [3.8, 4) is 0 Å². The van der Waals surface area contributed by atoms with E-state index in [9.17, 15) is 13.2 Å². The highest BCUT2D eigenvalue weighted by Gasteiger charge is 2.28. The summed E-state index contributed by atoms with van der Waals surface area (Å²) in [5, 5.41) is 0. The van der Waals surface area contributed by atoms with Crippen LogP contribution in [0.1, 0.15) is 34.3 Å². The Labute approximate surface area is 179 Å². The number of rotatable bonds is 5. The van der Waals surface area contributed by atoms with Crippen molar-refractivity contribution in [1.82, 2.24) is 9.21 Å². The third kappa shape index (κ3) is 4.58. The lowest BCUT2D eigenvalue weighted by Crippen LogP contribution is -3.13. The zero-order valence-corrected chi connectivity index (χ0v) is 18.3. The van der Waals surface area contributed by atoms with Crippen LogP contribution in [0.4, 0.5) is 0 Å². The second-order valence-corrected chi connectivity index (χ2v) is 10.3. The number of hydrogen-bond acceptors (Lipinski definition) is 3. The number of nitrogens with one attached hydrogen (secondary N) is 1. The molecule has 7 heteroatoms. The molecule has 2 aromatic carbocycles. The number of benzene rings is 2. The van der Waals surface area contributed by atoms with E-state index in [1.165, 1.54) is 20.3 Å². The van der Waals surface area contributed by atoms with Crippen LogP contribution >= 0.6 is 0 Å². The van der Waals surface area contributed by atoms with Gasteiger partial charge in [0.2, 0.25) is 10.0 Å². The van der Waals surface area contributed by atoms with Gasteiger partial charge in [-0.25, -0.2) is 8.42 Å². The zero-order chi connectivity index (χ0) is 21.1. The van der Waals surface area contributed by atoms with Gasteiger partial charge in [0.15, 0.2) is 0 Å². The second kappa shape index (κ2) is 8.88. The Morgan fingerprint density at radius 3 is 2.27 bits per heavy atom. The fourth-order valence-corrected chi connectivity index (χ4v) is 5.86. The van der Waals surface area contributed by atoms with Crippen LogP contribution in [0.2, 0.25) is 0 Å². The Morgan fingerprint density at radius 2 is 1.63 bits per heavy atom. The van der Waals surface area contributed by atoms with Crippen LogP contribution in [-0.4, -0.2) is 62.8 Å². The number of amides is 1. The first-order valence-electron chi connectivity index (χ1n) is 10.7. The molecule has 0 saturated carbocycles. The molecule has 1 amide bonds. The number of nitrogens with zero attached hydrogens (tertiary/aromatic N) is 2. The molecule has 30 heavy (non-hydrogen) atoms. The number of sulfonamides is 1. The van der Waals surface area contributed by atoms with Crippen LogP contribution in [0.15, 0.2) is 53.4 Å². The van der Waals surface area contributed by atoms with E-state index in [-0.39, 0.29) is 10.8 Å². The van der Waals surface area contributed by atoms with Crippen molar-refractivity contribution in [3.63, 3.8) is 0 Å². The molecular formula is C23H30N3O3S+. The molecule has 0 spiro atoms. The third-order valence-corrected chi connectivity index (χ3v) is 8.01. The van der Waals surface area contributed by atoms with E-state index < -0.39 is 10.0 Å². The fourth-order valence-electron chi connectivity index (χ4n) is 4.34. The van der Waals surface area contributed by atoms with E-state index in [4.69, 9.17) is 0 Å². The molecule has 2 saturated heterocycles. The predicted octanol–water partition coefficient (Wildman–Crippen LogP) is 1.32. The standard InChI is InChI=1S/C23H29N3O3S/c1-19-5-4-6-20(17-19)18-24-13-15-25(16-14-24)23(27)21-7-9-22(10-8-21)30(28,29)26-11-2-3-12-26/h4-10,17H,2-3,11-16,18H2,1H3/p+1. The van der Waals surface area contributed by atoms with Crippen LogP contribution in [0.25, 0.3) is 0 Å². The molecule has 2 aliphatic heterocycles. The Morgan fingerprint density at radius 1 is 0.967 bits per heavy atom. The van der Waals surface area contributed by atoms with Gasteiger partial charge in [-0.3, -0.25) is 4.79 Å². The molecule has 2 fully saturated rings. The Balaban J connectivity index is 1.35. The van der Waals surface area contributed by atoms with Gasteiger partial charge in [-0.1, -0.05) is 29.8 Å². The van der Waals surface area contributed by atoms with Crippen LogP contribution in [0.3, 0.4) is 0 Å². The van der Waals surface area contributed by atoms with E-state index in [0.29, 0.717) is 31.7 Å². The molecule has 0 radical (unpaired) electrons. The van der Waals surface area contributed by atoms with Gasteiger partial charge in [0.25, 0.3) is 5.91 Å². The predicted molar refractivity (Wildman–Crippen MR) is 116 cm³/mol. The maximum Gasteiger partial charge on any atom is 0.254 e. The van der Waals surface area contributed by atoms with Crippen molar-refractivity contribution in [2.75, 3.05) is 39.3 Å². The molecule has 6 nitrogen and oxygen atoms in total. The quantitative estimate of drug-likeness (QED) is 0.781. The van der Waals surface area contributed by atoms with E-state index in [2.05, 4.69) is 31.2 Å². The first-order valence-corrected chi connectivity index (χ1v) is 12.2. The first kappa shape index (κ1) is 21.0. The normalized spacial score (nSPS) is 18.6. The molecule has 160 valence electrons. The molecule has 0 bridgehead atoms. The average Bonchev–Trinajstić information content (AvgIpc) is 3.30. The van der Waals surface area contributed by atoms with Crippen molar-refractivity contribution in [1.29, 1.82) is 0 Å². The summed E-state index contributed by atoms with van der Waals surface area (Å²) in [6, 6.07) is 15.0. The minimum absolute atomic E-state index is 0.0188. The Bertz CT molecular complexity index is 991. The summed E-state index contributed by atoms with van der Waals surface area (Å²) in [7, 11) is -3.44. The van der Waals surface area contributed by atoms with Gasteiger partial charge in [-0.05, 0) is 44.0 Å². The first-order chi connectivity index (χ1) is 14.4. The molecule has 1 N–H and O–H groups in total. The van der Waals surface area contributed by atoms with Crippen LogP contribution in [0, 0.1) is 6.92 Å². The largest absolute Gasteiger partial charge is 0.328 e. The lowest BCUT2D eigenvalue weighted by Gasteiger charge is -2.32. The molecular weight excluding hydrogens is 398 g/mol. The SMILES string of the molecule is Cc1cccc(C[NH+]2CCN(C(=O)c3ccc(S(=O)(=O)N4CCCC4)cc3)CC2)c1. The Hall–Kier alpha value is -2.22. The molecule has 0 atom stereocenters. The fraction of sp³-hybridized carbons (Fsp3) is 0.435. The van der Waals surface area contributed by atoms with E-state index in [0.717, 1.165) is 32.5 Å². The lowest BCUT2D eigenvalue weighted by atomic mass is 10.1. The van der Waals surface area contributed by atoms with Gasteiger partial charge in [0.1, 0.15) is 6.54 Å². The van der Waals surface area contributed by atoms with Crippen LogP contribution in [-0.2, 0) is 16.6 Å².